The summed E-state index contributed by atoms with van der Waals surface area (Å²) in [5, 5.41) is 11.5. The van der Waals surface area contributed by atoms with E-state index in [0.29, 0.717) is 5.56 Å². The van der Waals surface area contributed by atoms with Crippen LogP contribution in [0.4, 0.5) is 4.79 Å². The Morgan fingerprint density at radius 2 is 1.92 bits per heavy atom. The zero-order valence-corrected chi connectivity index (χ0v) is 14.6. The van der Waals surface area contributed by atoms with Gasteiger partial charge in [0.2, 0.25) is 0 Å². The van der Waals surface area contributed by atoms with Gasteiger partial charge in [0.25, 0.3) is 5.91 Å². The topological polar surface area (TPSA) is 78.1 Å². The first-order chi connectivity index (χ1) is 12.5. The van der Waals surface area contributed by atoms with E-state index in [-0.39, 0.29) is 18.1 Å². The van der Waals surface area contributed by atoms with Gasteiger partial charge in [0, 0.05) is 23.6 Å². The van der Waals surface area contributed by atoms with Crippen LogP contribution < -0.4 is 5.32 Å². The number of benzene rings is 1. The maximum absolute atomic E-state index is 12.3. The van der Waals surface area contributed by atoms with Gasteiger partial charge < -0.3 is 9.88 Å². The second-order valence-corrected chi connectivity index (χ2v) is 6.01. The van der Waals surface area contributed by atoms with Crippen molar-refractivity contribution in [3.8, 4) is 11.8 Å². The van der Waals surface area contributed by atoms with Crippen molar-refractivity contribution < 1.29 is 9.59 Å². The SMILES string of the molecule is C=CCN1C(=O)N/C(=C/c2cc(C)n(-c3ccc(C#N)cc3)c2C)C1=O. The lowest BCUT2D eigenvalue weighted by molar-refractivity contribution is -0.122. The molecular formula is C20H18N4O2. The van der Waals surface area contributed by atoms with Crippen molar-refractivity contribution in [2.45, 2.75) is 13.8 Å². The van der Waals surface area contributed by atoms with Crippen molar-refractivity contribution in [3.05, 3.63) is 71.2 Å². The third-order valence-electron chi connectivity index (χ3n) is 4.30. The van der Waals surface area contributed by atoms with Crippen molar-refractivity contribution in [3.63, 3.8) is 0 Å². The van der Waals surface area contributed by atoms with Crippen LogP contribution in [0.1, 0.15) is 22.5 Å². The first-order valence-corrected chi connectivity index (χ1v) is 8.11. The number of carbonyl (C=O) groups excluding carboxylic acids is 2. The lowest BCUT2D eigenvalue weighted by Gasteiger charge is -2.09. The van der Waals surface area contributed by atoms with Crippen LogP contribution in [0, 0.1) is 25.2 Å². The lowest BCUT2D eigenvalue weighted by Crippen LogP contribution is -2.30. The minimum absolute atomic E-state index is 0.173. The largest absolute Gasteiger partial charge is 0.329 e. The summed E-state index contributed by atoms with van der Waals surface area (Å²) in [5.41, 5.74) is 4.54. The van der Waals surface area contributed by atoms with E-state index < -0.39 is 6.03 Å². The van der Waals surface area contributed by atoms with Crippen molar-refractivity contribution in [1.82, 2.24) is 14.8 Å². The van der Waals surface area contributed by atoms with Crippen molar-refractivity contribution >= 4 is 18.0 Å². The molecule has 1 aliphatic rings. The zero-order chi connectivity index (χ0) is 18.8. The quantitative estimate of drug-likeness (QED) is 0.525. The monoisotopic (exact) mass is 346 g/mol. The number of rotatable bonds is 4. The standard InChI is InChI=1S/C20H18N4O2/c1-4-9-23-19(25)18(22-20(23)26)11-16-10-13(2)24(14(16)3)17-7-5-15(12-21)6-8-17/h4-8,10-11H,1,9H2,2-3H3,(H,22,26)/b18-11+. The van der Waals surface area contributed by atoms with E-state index in [1.54, 1.807) is 18.2 Å². The molecule has 1 N–H and O–H groups in total. The molecule has 0 unspecified atom stereocenters. The second kappa shape index (κ2) is 6.73. The van der Waals surface area contributed by atoms with Gasteiger partial charge in [-0.05, 0) is 55.8 Å². The van der Waals surface area contributed by atoms with E-state index in [2.05, 4.69) is 18.0 Å². The van der Waals surface area contributed by atoms with Gasteiger partial charge in [0.1, 0.15) is 5.70 Å². The number of nitriles is 1. The van der Waals surface area contributed by atoms with E-state index in [0.717, 1.165) is 27.5 Å². The van der Waals surface area contributed by atoms with Crippen LogP contribution in [0.3, 0.4) is 0 Å². The smallest absolute Gasteiger partial charge is 0.318 e. The third-order valence-corrected chi connectivity index (χ3v) is 4.30. The fourth-order valence-electron chi connectivity index (χ4n) is 3.04. The summed E-state index contributed by atoms with van der Waals surface area (Å²) in [7, 11) is 0. The van der Waals surface area contributed by atoms with Crippen LogP contribution in [0.15, 0.2) is 48.7 Å². The highest BCUT2D eigenvalue weighted by Gasteiger charge is 2.32. The molecule has 0 bridgehead atoms. The summed E-state index contributed by atoms with van der Waals surface area (Å²) in [5.74, 6) is -0.363. The van der Waals surface area contributed by atoms with Gasteiger partial charge in [-0.1, -0.05) is 6.08 Å². The highest BCUT2D eigenvalue weighted by Crippen LogP contribution is 2.24. The number of hydrogen-bond donors (Lipinski definition) is 1. The van der Waals surface area contributed by atoms with Gasteiger partial charge >= 0.3 is 6.03 Å². The van der Waals surface area contributed by atoms with Crippen LogP contribution >= 0.6 is 0 Å². The summed E-state index contributed by atoms with van der Waals surface area (Å²) in [4.78, 5) is 25.3. The number of urea groups is 1. The number of aromatic nitrogens is 1. The molecule has 0 spiro atoms. The number of nitrogens with one attached hydrogen (secondary N) is 1. The van der Waals surface area contributed by atoms with Gasteiger partial charge in [0.05, 0.1) is 11.6 Å². The number of aryl methyl sites for hydroxylation is 1. The molecule has 6 heteroatoms. The Morgan fingerprint density at radius 3 is 2.54 bits per heavy atom. The minimum atomic E-state index is -0.443. The molecule has 0 saturated carbocycles. The molecular weight excluding hydrogens is 328 g/mol. The average molecular weight is 346 g/mol. The number of carbonyl (C=O) groups is 2. The van der Waals surface area contributed by atoms with E-state index in [4.69, 9.17) is 5.26 Å². The molecule has 130 valence electrons. The van der Waals surface area contributed by atoms with Crippen LogP contribution in [0.5, 0.6) is 0 Å². The summed E-state index contributed by atoms with van der Waals surface area (Å²) in [6.45, 7) is 7.64. The molecule has 6 nitrogen and oxygen atoms in total. The Labute approximate surface area is 151 Å². The number of amides is 3. The normalized spacial score (nSPS) is 15.3. The molecule has 0 aliphatic carbocycles. The fraction of sp³-hybridized carbons (Fsp3) is 0.150. The molecule has 1 saturated heterocycles. The van der Waals surface area contributed by atoms with Crippen LogP contribution in [0.25, 0.3) is 11.8 Å². The fourth-order valence-corrected chi connectivity index (χ4v) is 3.04. The summed E-state index contributed by atoms with van der Waals surface area (Å²) < 4.78 is 2.04. The molecule has 2 heterocycles. The van der Waals surface area contributed by atoms with Crippen LogP contribution in [-0.2, 0) is 4.79 Å². The van der Waals surface area contributed by atoms with Crippen molar-refractivity contribution in [2.24, 2.45) is 0 Å². The maximum Gasteiger partial charge on any atom is 0.329 e. The van der Waals surface area contributed by atoms with Crippen molar-refractivity contribution in [2.75, 3.05) is 6.54 Å². The summed E-state index contributed by atoms with van der Waals surface area (Å²) in [6, 6.07) is 10.9. The van der Waals surface area contributed by atoms with Crippen LogP contribution in [0.2, 0.25) is 0 Å². The number of imide groups is 1. The van der Waals surface area contributed by atoms with E-state index in [1.807, 2.05) is 36.6 Å². The number of nitrogens with zero attached hydrogens (tertiary/aromatic N) is 3. The molecule has 3 rings (SSSR count). The molecule has 0 radical (unpaired) electrons. The third kappa shape index (κ3) is 2.91. The Morgan fingerprint density at radius 1 is 1.23 bits per heavy atom. The van der Waals surface area contributed by atoms with Gasteiger partial charge in [-0.2, -0.15) is 5.26 Å². The summed E-state index contributed by atoms with van der Waals surface area (Å²) in [6.07, 6.45) is 3.20. The minimum Gasteiger partial charge on any atom is -0.318 e. The first-order valence-electron chi connectivity index (χ1n) is 8.11. The van der Waals surface area contributed by atoms with Gasteiger partial charge in [0.15, 0.2) is 0 Å². The molecule has 3 amide bonds. The predicted molar refractivity (Wildman–Crippen MR) is 98.4 cm³/mol. The predicted octanol–water partition coefficient (Wildman–Crippen LogP) is 3.04. The van der Waals surface area contributed by atoms with E-state index >= 15 is 0 Å². The molecule has 2 aromatic rings. The zero-order valence-electron chi connectivity index (χ0n) is 14.6. The maximum atomic E-state index is 12.3. The second-order valence-electron chi connectivity index (χ2n) is 6.01. The molecule has 1 aromatic heterocycles. The first kappa shape index (κ1) is 17.2. The highest BCUT2D eigenvalue weighted by molar-refractivity contribution is 6.14. The molecule has 1 aliphatic heterocycles. The van der Waals surface area contributed by atoms with Gasteiger partial charge in [-0.3, -0.25) is 9.69 Å². The Hall–Kier alpha value is -3.59. The average Bonchev–Trinajstić information content (AvgIpc) is 3.05. The Bertz CT molecular complexity index is 974. The van der Waals surface area contributed by atoms with Crippen molar-refractivity contribution in [1.29, 1.82) is 5.26 Å². The Balaban J connectivity index is 1.98. The lowest BCUT2D eigenvalue weighted by atomic mass is 10.2. The van der Waals surface area contributed by atoms with Gasteiger partial charge in [-0.15, -0.1) is 6.58 Å². The highest BCUT2D eigenvalue weighted by atomic mass is 16.2. The molecule has 26 heavy (non-hydrogen) atoms. The van der Waals surface area contributed by atoms with Gasteiger partial charge in [-0.25, -0.2) is 4.79 Å². The molecule has 0 atom stereocenters. The summed E-state index contributed by atoms with van der Waals surface area (Å²) >= 11 is 0. The number of hydrogen-bond acceptors (Lipinski definition) is 3. The Kier molecular flexibility index (Phi) is 4.46. The van der Waals surface area contributed by atoms with E-state index in [9.17, 15) is 9.59 Å². The molecule has 1 aromatic carbocycles. The van der Waals surface area contributed by atoms with E-state index in [1.165, 1.54) is 6.08 Å². The van der Waals surface area contributed by atoms with Crippen LogP contribution in [-0.4, -0.2) is 28.0 Å². The molecule has 1 fully saturated rings.